The number of hydrogen-bond acceptors (Lipinski definition) is 4. The van der Waals surface area contributed by atoms with Gasteiger partial charge in [0, 0.05) is 39.4 Å². The molecule has 0 bridgehead atoms. The summed E-state index contributed by atoms with van der Waals surface area (Å²) in [6.07, 6.45) is 5.83. The molecule has 152 valence electrons. The topological polar surface area (TPSA) is 78.9 Å². The van der Waals surface area contributed by atoms with E-state index in [1.54, 1.807) is 18.2 Å². The molecule has 0 aromatic carbocycles. The van der Waals surface area contributed by atoms with Crippen molar-refractivity contribution < 1.29 is 9.53 Å². The summed E-state index contributed by atoms with van der Waals surface area (Å²) in [7, 11) is 5.26. The highest BCUT2D eigenvalue weighted by atomic mass is 127. The maximum absolute atomic E-state index is 12.7. The molecule has 1 aromatic rings. The SMILES string of the molecule is CCNC(=NCc1ccc(OC)nc1)NCC1(C(=O)N(C)C)CCCC1.I. The number of pyridine rings is 1. The van der Waals surface area contributed by atoms with Gasteiger partial charge in [0.25, 0.3) is 0 Å². The minimum absolute atomic E-state index is 0. The fourth-order valence-corrected chi connectivity index (χ4v) is 3.38. The number of guanidine groups is 1. The van der Waals surface area contributed by atoms with E-state index in [-0.39, 0.29) is 35.3 Å². The lowest BCUT2D eigenvalue weighted by molar-refractivity contribution is -0.138. The standard InChI is InChI=1S/C19H31N5O2.HI/c1-5-20-18(22-13-15-8-9-16(26-4)21-12-15)23-14-19(10-6-7-11-19)17(25)24(2)3;/h8-9,12H,5-7,10-11,13-14H2,1-4H3,(H2,20,22,23);1H. The van der Waals surface area contributed by atoms with Gasteiger partial charge in [0.05, 0.1) is 19.1 Å². The van der Waals surface area contributed by atoms with Crippen LogP contribution in [0.25, 0.3) is 0 Å². The van der Waals surface area contributed by atoms with Gasteiger partial charge in [-0.05, 0) is 25.3 Å². The molecule has 7 nitrogen and oxygen atoms in total. The maximum Gasteiger partial charge on any atom is 0.230 e. The molecule has 0 atom stereocenters. The molecule has 0 radical (unpaired) electrons. The molecule has 0 unspecified atom stereocenters. The summed E-state index contributed by atoms with van der Waals surface area (Å²) in [5, 5.41) is 6.63. The molecule has 0 aliphatic heterocycles. The normalized spacial score (nSPS) is 15.6. The van der Waals surface area contributed by atoms with Crippen LogP contribution < -0.4 is 15.4 Å². The minimum atomic E-state index is -0.318. The van der Waals surface area contributed by atoms with Crippen molar-refractivity contribution in [3.8, 4) is 5.88 Å². The number of nitrogens with zero attached hydrogens (tertiary/aromatic N) is 3. The van der Waals surface area contributed by atoms with Gasteiger partial charge in [-0.3, -0.25) is 4.79 Å². The van der Waals surface area contributed by atoms with E-state index < -0.39 is 0 Å². The largest absolute Gasteiger partial charge is 0.481 e. The van der Waals surface area contributed by atoms with Crippen LogP contribution in [0.1, 0.15) is 38.2 Å². The van der Waals surface area contributed by atoms with E-state index in [0.717, 1.165) is 43.8 Å². The first-order valence-corrected chi connectivity index (χ1v) is 9.23. The lowest BCUT2D eigenvalue weighted by Crippen LogP contribution is -2.49. The van der Waals surface area contributed by atoms with Crippen LogP contribution in [0, 0.1) is 5.41 Å². The Balaban J connectivity index is 0.00000364. The van der Waals surface area contributed by atoms with Crippen molar-refractivity contribution in [3.05, 3.63) is 23.9 Å². The van der Waals surface area contributed by atoms with E-state index in [1.807, 2.05) is 33.2 Å². The number of amides is 1. The van der Waals surface area contributed by atoms with Crippen molar-refractivity contribution in [1.29, 1.82) is 0 Å². The average Bonchev–Trinajstić information content (AvgIpc) is 3.13. The van der Waals surface area contributed by atoms with Crippen LogP contribution in [-0.2, 0) is 11.3 Å². The molecule has 1 heterocycles. The number of methoxy groups -OCH3 is 1. The van der Waals surface area contributed by atoms with Gasteiger partial charge >= 0.3 is 0 Å². The van der Waals surface area contributed by atoms with Gasteiger partial charge in [0.2, 0.25) is 11.8 Å². The van der Waals surface area contributed by atoms with Gasteiger partial charge in [-0.15, -0.1) is 24.0 Å². The van der Waals surface area contributed by atoms with Crippen LogP contribution in [0.5, 0.6) is 5.88 Å². The zero-order valence-electron chi connectivity index (χ0n) is 16.7. The summed E-state index contributed by atoms with van der Waals surface area (Å²) in [5.74, 6) is 1.52. The van der Waals surface area contributed by atoms with E-state index >= 15 is 0 Å². The lowest BCUT2D eigenvalue weighted by Gasteiger charge is -2.31. The second-order valence-electron chi connectivity index (χ2n) is 6.94. The second-order valence-corrected chi connectivity index (χ2v) is 6.94. The number of aliphatic imine (C=N–C) groups is 1. The molecule has 2 N–H and O–H groups in total. The zero-order chi connectivity index (χ0) is 19.0. The zero-order valence-corrected chi connectivity index (χ0v) is 19.1. The average molecular weight is 489 g/mol. The van der Waals surface area contributed by atoms with Gasteiger partial charge in [0.15, 0.2) is 5.96 Å². The molecule has 27 heavy (non-hydrogen) atoms. The Morgan fingerprint density at radius 1 is 1.30 bits per heavy atom. The first kappa shape index (κ1) is 23.5. The van der Waals surface area contributed by atoms with Crippen LogP contribution in [0.15, 0.2) is 23.3 Å². The van der Waals surface area contributed by atoms with Crippen molar-refractivity contribution in [2.75, 3.05) is 34.3 Å². The van der Waals surface area contributed by atoms with Crippen molar-refractivity contribution in [3.63, 3.8) is 0 Å². The van der Waals surface area contributed by atoms with Crippen molar-refractivity contribution in [2.24, 2.45) is 10.4 Å². The first-order valence-electron chi connectivity index (χ1n) is 9.23. The second kappa shape index (κ2) is 11.3. The van der Waals surface area contributed by atoms with E-state index in [4.69, 9.17) is 4.74 Å². The van der Waals surface area contributed by atoms with Gasteiger partial charge in [-0.1, -0.05) is 18.9 Å². The third-order valence-electron chi connectivity index (χ3n) is 4.79. The number of aromatic nitrogens is 1. The smallest absolute Gasteiger partial charge is 0.230 e. The Hall–Kier alpha value is -1.58. The molecule has 8 heteroatoms. The number of halogens is 1. The predicted octanol–water partition coefficient (Wildman–Crippen LogP) is 2.41. The van der Waals surface area contributed by atoms with Gasteiger partial charge in [-0.2, -0.15) is 0 Å². The van der Waals surface area contributed by atoms with Crippen LogP contribution in [0.3, 0.4) is 0 Å². The van der Waals surface area contributed by atoms with Crippen LogP contribution in [0.2, 0.25) is 0 Å². The summed E-state index contributed by atoms with van der Waals surface area (Å²) in [5.41, 5.74) is 0.685. The number of carbonyl (C=O) groups excluding carboxylic acids is 1. The molecule has 0 saturated heterocycles. The summed E-state index contributed by atoms with van der Waals surface area (Å²) in [4.78, 5) is 23.2. The summed E-state index contributed by atoms with van der Waals surface area (Å²) < 4.78 is 5.07. The highest BCUT2D eigenvalue weighted by molar-refractivity contribution is 14.0. The molecule has 0 spiro atoms. The Morgan fingerprint density at radius 3 is 2.52 bits per heavy atom. The van der Waals surface area contributed by atoms with E-state index in [1.165, 1.54) is 0 Å². The monoisotopic (exact) mass is 489 g/mol. The molecular weight excluding hydrogens is 457 g/mol. The third-order valence-corrected chi connectivity index (χ3v) is 4.79. The van der Waals surface area contributed by atoms with Gasteiger partial charge in [0.1, 0.15) is 0 Å². The number of rotatable bonds is 7. The molecule has 2 rings (SSSR count). The van der Waals surface area contributed by atoms with E-state index in [0.29, 0.717) is 19.0 Å². The van der Waals surface area contributed by atoms with E-state index in [2.05, 4.69) is 20.6 Å². The van der Waals surface area contributed by atoms with Crippen molar-refractivity contribution >= 4 is 35.8 Å². The van der Waals surface area contributed by atoms with Gasteiger partial charge < -0.3 is 20.3 Å². The quantitative estimate of drug-likeness (QED) is 0.350. The highest BCUT2D eigenvalue weighted by Crippen LogP contribution is 2.38. The predicted molar refractivity (Wildman–Crippen MR) is 119 cm³/mol. The molecule has 1 aliphatic carbocycles. The Labute approximate surface area is 179 Å². The Morgan fingerprint density at radius 2 is 2.00 bits per heavy atom. The van der Waals surface area contributed by atoms with Gasteiger partial charge in [-0.25, -0.2) is 9.98 Å². The first-order chi connectivity index (χ1) is 12.5. The number of carbonyl (C=O) groups is 1. The van der Waals surface area contributed by atoms with E-state index in [9.17, 15) is 4.79 Å². The minimum Gasteiger partial charge on any atom is -0.481 e. The number of ether oxygens (including phenoxy) is 1. The Bertz CT molecular complexity index is 613. The molecule has 1 saturated carbocycles. The molecule has 1 fully saturated rings. The summed E-state index contributed by atoms with van der Waals surface area (Å²) >= 11 is 0. The molecule has 1 aromatic heterocycles. The fourth-order valence-electron chi connectivity index (χ4n) is 3.38. The molecule has 1 aliphatic rings. The number of hydrogen-bond donors (Lipinski definition) is 2. The van der Waals surface area contributed by atoms with Crippen LogP contribution in [0.4, 0.5) is 0 Å². The maximum atomic E-state index is 12.7. The van der Waals surface area contributed by atoms with Crippen molar-refractivity contribution in [1.82, 2.24) is 20.5 Å². The van der Waals surface area contributed by atoms with Crippen molar-refractivity contribution in [2.45, 2.75) is 39.2 Å². The molecule has 1 amide bonds. The fraction of sp³-hybridized carbons (Fsp3) is 0.632. The lowest BCUT2D eigenvalue weighted by atomic mass is 9.84. The number of nitrogens with one attached hydrogen (secondary N) is 2. The Kier molecular flexibility index (Phi) is 9.82. The van der Waals surface area contributed by atoms with Crippen LogP contribution in [-0.4, -0.2) is 56.0 Å². The molecular formula is C19H32IN5O2. The third kappa shape index (κ3) is 6.51. The summed E-state index contributed by atoms with van der Waals surface area (Å²) in [6, 6.07) is 3.78. The highest BCUT2D eigenvalue weighted by Gasteiger charge is 2.42. The summed E-state index contributed by atoms with van der Waals surface area (Å²) in [6.45, 7) is 3.92. The van der Waals surface area contributed by atoms with Crippen LogP contribution >= 0.6 is 24.0 Å².